The van der Waals surface area contributed by atoms with Crippen LogP contribution in [0.15, 0.2) is 28.6 Å². The highest BCUT2D eigenvalue weighted by Gasteiger charge is 2.35. The van der Waals surface area contributed by atoms with Crippen LogP contribution < -0.4 is 11.5 Å². The summed E-state index contributed by atoms with van der Waals surface area (Å²) >= 11 is 2.65. The third-order valence-electron chi connectivity index (χ3n) is 2.62. The first-order valence-corrected chi connectivity index (χ1v) is 7.17. The molecule has 100 valence electrons. The number of primary amides is 2. The number of amides is 2. The van der Waals surface area contributed by atoms with E-state index in [4.69, 9.17) is 11.5 Å². The molecule has 1 aromatic carbocycles. The van der Waals surface area contributed by atoms with Gasteiger partial charge in [-0.15, -0.1) is 11.3 Å². The van der Waals surface area contributed by atoms with Crippen LogP contribution >= 0.6 is 23.1 Å². The van der Waals surface area contributed by atoms with Gasteiger partial charge in [-0.05, 0) is 19.1 Å². The average molecular weight is 295 g/mol. The van der Waals surface area contributed by atoms with Crippen LogP contribution in [-0.4, -0.2) is 21.5 Å². The molecule has 0 spiro atoms. The van der Waals surface area contributed by atoms with E-state index in [-0.39, 0.29) is 6.42 Å². The lowest BCUT2D eigenvalue weighted by atomic mass is 10.1. The van der Waals surface area contributed by atoms with Gasteiger partial charge in [-0.1, -0.05) is 23.9 Å². The molecule has 0 saturated heterocycles. The van der Waals surface area contributed by atoms with Crippen molar-refractivity contribution >= 4 is 45.1 Å². The van der Waals surface area contributed by atoms with Crippen LogP contribution in [0, 0.1) is 0 Å². The van der Waals surface area contributed by atoms with Crippen molar-refractivity contribution in [1.82, 2.24) is 4.98 Å². The van der Waals surface area contributed by atoms with Crippen LogP contribution in [0.4, 0.5) is 0 Å². The molecule has 0 aliphatic carbocycles. The Hall–Kier alpha value is -1.60. The summed E-state index contributed by atoms with van der Waals surface area (Å²) in [5.41, 5.74) is 11.4. The van der Waals surface area contributed by atoms with Gasteiger partial charge in [-0.25, -0.2) is 4.98 Å². The molecule has 2 amide bonds. The van der Waals surface area contributed by atoms with Gasteiger partial charge < -0.3 is 11.5 Å². The third kappa shape index (κ3) is 3.05. The molecule has 1 unspecified atom stereocenters. The molecular formula is C12H13N3O2S2. The number of benzene rings is 1. The molecule has 0 radical (unpaired) electrons. The summed E-state index contributed by atoms with van der Waals surface area (Å²) in [6.07, 6.45) is -0.108. The van der Waals surface area contributed by atoms with E-state index in [1.54, 1.807) is 6.92 Å². The van der Waals surface area contributed by atoms with Crippen LogP contribution in [0.5, 0.6) is 0 Å². The van der Waals surface area contributed by atoms with E-state index in [1.807, 2.05) is 24.3 Å². The largest absolute Gasteiger partial charge is 0.370 e. The lowest BCUT2D eigenvalue weighted by molar-refractivity contribution is -0.125. The van der Waals surface area contributed by atoms with Gasteiger partial charge in [-0.2, -0.15) is 0 Å². The number of hydrogen-bond donors (Lipinski definition) is 2. The Morgan fingerprint density at radius 3 is 2.63 bits per heavy atom. The molecule has 4 N–H and O–H groups in total. The number of aromatic nitrogens is 1. The Morgan fingerprint density at radius 1 is 1.37 bits per heavy atom. The predicted octanol–water partition coefficient (Wildman–Crippen LogP) is 1.51. The molecule has 0 bridgehead atoms. The molecule has 2 rings (SSSR count). The smallest absolute Gasteiger partial charge is 0.234 e. The van der Waals surface area contributed by atoms with Crippen molar-refractivity contribution in [3.05, 3.63) is 24.3 Å². The number of hydrogen-bond acceptors (Lipinski definition) is 5. The highest BCUT2D eigenvalue weighted by Crippen LogP contribution is 2.39. The maximum absolute atomic E-state index is 11.5. The van der Waals surface area contributed by atoms with Crippen LogP contribution in [0.3, 0.4) is 0 Å². The van der Waals surface area contributed by atoms with E-state index in [9.17, 15) is 9.59 Å². The van der Waals surface area contributed by atoms with E-state index < -0.39 is 16.6 Å². The maximum atomic E-state index is 11.5. The van der Waals surface area contributed by atoms with Crippen molar-refractivity contribution in [3.8, 4) is 0 Å². The Kier molecular flexibility index (Phi) is 3.77. The van der Waals surface area contributed by atoms with Crippen LogP contribution in [0.25, 0.3) is 10.2 Å². The van der Waals surface area contributed by atoms with Crippen molar-refractivity contribution in [3.63, 3.8) is 0 Å². The number of rotatable bonds is 5. The fourth-order valence-electron chi connectivity index (χ4n) is 1.59. The molecule has 1 aromatic heterocycles. The summed E-state index contributed by atoms with van der Waals surface area (Å²) in [4.78, 5) is 27.0. The Balaban J connectivity index is 2.30. The Morgan fingerprint density at radius 2 is 2.05 bits per heavy atom. The SMILES string of the molecule is CC(CC(N)=O)(Sc1nc2ccccc2s1)C(N)=O. The summed E-state index contributed by atoms with van der Waals surface area (Å²) in [6, 6.07) is 7.66. The standard InChI is InChI=1S/C12H13N3O2S2/c1-12(10(14)17,6-9(13)16)19-11-15-7-4-2-3-5-8(7)18-11/h2-5H,6H2,1H3,(H2,13,16)(H2,14,17). The van der Waals surface area contributed by atoms with Gasteiger partial charge in [0.1, 0.15) is 4.75 Å². The number of carbonyl (C=O) groups is 2. The van der Waals surface area contributed by atoms with Gasteiger partial charge >= 0.3 is 0 Å². The van der Waals surface area contributed by atoms with Crippen molar-refractivity contribution in [1.29, 1.82) is 0 Å². The van der Waals surface area contributed by atoms with Gasteiger partial charge in [0.25, 0.3) is 0 Å². The topological polar surface area (TPSA) is 99.1 Å². The molecule has 1 heterocycles. The Bertz CT molecular complexity index is 608. The third-order valence-corrected chi connectivity index (χ3v) is 5.01. The van der Waals surface area contributed by atoms with Gasteiger partial charge in [-0.3, -0.25) is 9.59 Å². The number of nitrogens with two attached hydrogens (primary N) is 2. The maximum Gasteiger partial charge on any atom is 0.234 e. The molecule has 0 saturated carbocycles. The molecule has 2 aromatic rings. The molecule has 0 aliphatic heterocycles. The number of thiazole rings is 1. The number of thioether (sulfide) groups is 1. The minimum atomic E-state index is -1.07. The zero-order valence-corrected chi connectivity index (χ0v) is 11.9. The summed E-state index contributed by atoms with van der Waals surface area (Å²) in [7, 11) is 0. The van der Waals surface area contributed by atoms with E-state index in [2.05, 4.69) is 4.98 Å². The lowest BCUT2D eigenvalue weighted by Gasteiger charge is -2.22. The first-order valence-electron chi connectivity index (χ1n) is 5.53. The van der Waals surface area contributed by atoms with Crippen molar-refractivity contribution in [2.75, 3.05) is 0 Å². The molecule has 7 heteroatoms. The molecule has 5 nitrogen and oxygen atoms in total. The van der Waals surface area contributed by atoms with Gasteiger partial charge in [0.05, 0.1) is 16.6 Å². The zero-order valence-electron chi connectivity index (χ0n) is 10.3. The highest BCUT2D eigenvalue weighted by atomic mass is 32.2. The molecule has 19 heavy (non-hydrogen) atoms. The van der Waals surface area contributed by atoms with E-state index >= 15 is 0 Å². The van der Waals surface area contributed by atoms with Crippen LogP contribution in [0.1, 0.15) is 13.3 Å². The van der Waals surface area contributed by atoms with E-state index in [0.29, 0.717) is 4.34 Å². The number of fused-ring (bicyclic) bond motifs is 1. The van der Waals surface area contributed by atoms with Crippen LogP contribution in [0.2, 0.25) is 0 Å². The average Bonchev–Trinajstić information content (AvgIpc) is 2.69. The molecule has 1 atom stereocenters. The monoisotopic (exact) mass is 295 g/mol. The first-order chi connectivity index (χ1) is 8.90. The molecule has 0 fully saturated rings. The van der Waals surface area contributed by atoms with Gasteiger partial charge in [0.2, 0.25) is 11.8 Å². The second-order valence-corrected chi connectivity index (χ2v) is 7.07. The lowest BCUT2D eigenvalue weighted by Crippen LogP contribution is -2.41. The predicted molar refractivity (Wildman–Crippen MR) is 76.9 cm³/mol. The van der Waals surface area contributed by atoms with E-state index in [0.717, 1.165) is 10.2 Å². The van der Waals surface area contributed by atoms with Gasteiger partial charge in [0, 0.05) is 0 Å². The highest BCUT2D eigenvalue weighted by molar-refractivity contribution is 8.03. The van der Waals surface area contributed by atoms with Crippen molar-refractivity contribution in [2.24, 2.45) is 11.5 Å². The van der Waals surface area contributed by atoms with Gasteiger partial charge in [0.15, 0.2) is 4.34 Å². The molecular weight excluding hydrogens is 282 g/mol. The van der Waals surface area contributed by atoms with Crippen molar-refractivity contribution in [2.45, 2.75) is 22.4 Å². The normalized spacial score (nSPS) is 14.2. The quantitative estimate of drug-likeness (QED) is 0.817. The van der Waals surface area contributed by atoms with Crippen LogP contribution in [-0.2, 0) is 9.59 Å². The number of carbonyl (C=O) groups excluding carboxylic acids is 2. The minimum absolute atomic E-state index is 0.108. The summed E-state index contributed by atoms with van der Waals surface area (Å²) in [6.45, 7) is 1.61. The minimum Gasteiger partial charge on any atom is -0.370 e. The first kappa shape index (κ1) is 13.8. The fourth-order valence-corrected chi connectivity index (χ4v) is 4.12. The number of nitrogens with zero attached hydrogens (tertiary/aromatic N) is 1. The van der Waals surface area contributed by atoms with Crippen molar-refractivity contribution < 1.29 is 9.59 Å². The second-order valence-electron chi connectivity index (χ2n) is 4.29. The Labute approximate surface area is 118 Å². The molecule has 0 aliphatic rings. The second kappa shape index (κ2) is 5.18. The summed E-state index contributed by atoms with van der Waals surface area (Å²) in [5, 5.41) is 0. The summed E-state index contributed by atoms with van der Waals surface area (Å²) in [5.74, 6) is -1.13. The number of para-hydroxylation sites is 1. The zero-order chi connectivity index (χ0) is 14.0. The van der Waals surface area contributed by atoms with E-state index in [1.165, 1.54) is 23.1 Å². The summed E-state index contributed by atoms with van der Waals surface area (Å²) < 4.78 is 0.652. The fraction of sp³-hybridized carbons (Fsp3) is 0.250.